The number of carbonyl (C=O) groups excluding carboxylic acids is 1. The van der Waals surface area contributed by atoms with Gasteiger partial charge in [-0.1, -0.05) is 65.7 Å². The van der Waals surface area contributed by atoms with Crippen molar-refractivity contribution < 1.29 is 9.53 Å². The van der Waals surface area contributed by atoms with Crippen molar-refractivity contribution in [1.82, 2.24) is 0 Å². The van der Waals surface area contributed by atoms with Crippen LogP contribution in [0.15, 0.2) is 60.2 Å². The first kappa shape index (κ1) is 14.2. The van der Waals surface area contributed by atoms with Crippen LogP contribution in [0.4, 0.5) is 0 Å². The molecule has 1 saturated heterocycles. The highest BCUT2D eigenvalue weighted by Gasteiger charge is 2.32. The van der Waals surface area contributed by atoms with Crippen LogP contribution < -0.4 is 0 Å². The van der Waals surface area contributed by atoms with Crippen LogP contribution in [-0.4, -0.2) is 5.97 Å². The van der Waals surface area contributed by atoms with Crippen molar-refractivity contribution in [2.45, 2.75) is 12.5 Å². The van der Waals surface area contributed by atoms with Crippen molar-refractivity contribution in [3.63, 3.8) is 0 Å². The van der Waals surface area contributed by atoms with Gasteiger partial charge in [0, 0.05) is 11.4 Å². The van der Waals surface area contributed by atoms with Crippen LogP contribution in [0.25, 0.3) is 5.03 Å². The Hall–Kier alpha value is -1.77. The third-order valence-electron chi connectivity index (χ3n) is 3.42. The monoisotopic (exact) mass is 318 g/mol. The Kier molecular flexibility index (Phi) is 4.00. The molecule has 21 heavy (non-hydrogen) atoms. The Labute approximate surface area is 132 Å². The maximum atomic E-state index is 12.0. The molecule has 1 atom stereocenters. The fourth-order valence-corrected chi connectivity index (χ4v) is 2.72. The van der Waals surface area contributed by atoms with E-state index in [1.54, 1.807) is 12.1 Å². The first-order chi connectivity index (χ1) is 10.1. The van der Waals surface area contributed by atoms with Crippen molar-refractivity contribution in [3.8, 4) is 0 Å². The quantitative estimate of drug-likeness (QED) is 0.576. The predicted octanol–water partition coefficient (Wildman–Crippen LogP) is 4.98. The third kappa shape index (κ3) is 2.97. The molecule has 1 fully saturated rings. The first-order valence-electron chi connectivity index (χ1n) is 6.55. The minimum Gasteiger partial charge on any atom is -0.454 e. The third-order valence-corrected chi connectivity index (χ3v) is 4.12. The number of esters is 1. The molecule has 0 saturated carbocycles. The second-order valence-electron chi connectivity index (χ2n) is 4.81. The molecule has 0 aliphatic carbocycles. The molecule has 4 heteroatoms. The average molecular weight is 319 g/mol. The summed E-state index contributed by atoms with van der Waals surface area (Å²) in [5.74, 6) is -0.358. The zero-order valence-corrected chi connectivity index (χ0v) is 12.6. The Morgan fingerprint density at radius 3 is 2.38 bits per heavy atom. The van der Waals surface area contributed by atoms with Crippen LogP contribution in [0, 0.1) is 0 Å². The molecule has 2 aromatic carbocycles. The summed E-state index contributed by atoms with van der Waals surface area (Å²) in [6, 6.07) is 16.7. The summed E-state index contributed by atoms with van der Waals surface area (Å²) in [6.07, 6.45) is 0.163. The van der Waals surface area contributed by atoms with E-state index >= 15 is 0 Å². The maximum Gasteiger partial charge on any atom is 0.336 e. The summed E-state index contributed by atoms with van der Waals surface area (Å²) in [5.41, 5.74) is 2.26. The van der Waals surface area contributed by atoms with Gasteiger partial charge in [-0.15, -0.1) is 0 Å². The Morgan fingerprint density at radius 2 is 1.71 bits per heavy atom. The number of hydrogen-bond donors (Lipinski definition) is 0. The first-order valence-corrected chi connectivity index (χ1v) is 7.31. The van der Waals surface area contributed by atoms with E-state index in [1.165, 1.54) is 0 Å². The SMILES string of the molecule is O=C1OC(c2ccc(Cl)cc2)C/C1=C(/Cl)c1ccccc1. The molecule has 3 rings (SSSR count). The van der Waals surface area contributed by atoms with Gasteiger partial charge in [0.2, 0.25) is 0 Å². The van der Waals surface area contributed by atoms with Gasteiger partial charge in [-0.05, 0) is 23.3 Å². The van der Waals surface area contributed by atoms with E-state index in [4.69, 9.17) is 27.9 Å². The Bertz CT molecular complexity index is 690. The van der Waals surface area contributed by atoms with Crippen LogP contribution in [0.1, 0.15) is 23.7 Å². The fraction of sp³-hybridized carbons (Fsp3) is 0.118. The number of ether oxygens (including phenoxy) is 1. The van der Waals surface area contributed by atoms with Crippen molar-refractivity contribution >= 4 is 34.2 Å². The largest absolute Gasteiger partial charge is 0.454 e. The predicted molar refractivity (Wildman–Crippen MR) is 84.1 cm³/mol. The lowest BCUT2D eigenvalue weighted by atomic mass is 10.0. The molecule has 1 aliphatic rings. The molecule has 0 bridgehead atoms. The van der Waals surface area contributed by atoms with E-state index < -0.39 is 0 Å². The average Bonchev–Trinajstić information content (AvgIpc) is 2.90. The summed E-state index contributed by atoms with van der Waals surface area (Å²) in [7, 11) is 0. The molecule has 2 aromatic rings. The fourth-order valence-electron chi connectivity index (χ4n) is 2.31. The zero-order valence-electron chi connectivity index (χ0n) is 11.1. The molecule has 0 radical (unpaired) electrons. The van der Waals surface area contributed by atoms with Gasteiger partial charge in [0.25, 0.3) is 0 Å². The van der Waals surface area contributed by atoms with Crippen molar-refractivity contribution in [1.29, 1.82) is 0 Å². The van der Waals surface area contributed by atoms with E-state index in [0.717, 1.165) is 11.1 Å². The number of halogens is 2. The van der Waals surface area contributed by atoms with Gasteiger partial charge in [0.05, 0.1) is 10.6 Å². The zero-order chi connectivity index (χ0) is 14.8. The van der Waals surface area contributed by atoms with Gasteiger partial charge in [-0.3, -0.25) is 0 Å². The van der Waals surface area contributed by atoms with E-state index in [0.29, 0.717) is 22.0 Å². The molecule has 0 spiro atoms. The van der Waals surface area contributed by atoms with Crippen LogP contribution in [0.3, 0.4) is 0 Å². The van der Waals surface area contributed by atoms with Crippen LogP contribution >= 0.6 is 23.2 Å². The summed E-state index contributed by atoms with van der Waals surface area (Å²) in [5, 5.41) is 1.11. The summed E-state index contributed by atoms with van der Waals surface area (Å²) >= 11 is 12.2. The highest BCUT2D eigenvalue weighted by atomic mass is 35.5. The van der Waals surface area contributed by atoms with Crippen LogP contribution in [-0.2, 0) is 9.53 Å². The molecule has 0 N–H and O–H groups in total. The number of hydrogen-bond acceptors (Lipinski definition) is 2. The highest BCUT2D eigenvalue weighted by molar-refractivity contribution is 6.51. The topological polar surface area (TPSA) is 26.3 Å². The van der Waals surface area contributed by atoms with Gasteiger partial charge in [0.15, 0.2) is 0 Å². The van der Waals surface area contributed by atoms with Crippen molar-refractivity contribution in [2.75, 3.05) is 0 Å². The number of benzene rings is 2. The van der Waals surface area contributed by atoms with Gasteiger partial charge in [-0.25, -0.2) is 4.79 Å². The minimum absolute atomic E-state index is 0.303. The molecular weight excluding hydrogens is 307 g/mol. The molecule has 106 valence electrons. The molecular formula is C17H12Cl2O2. The van der Waals surface area contributed by atoms with Crippen LogP contribution in [0.5, 0.6) is 0 Å². The van der Waals surface area contributed by atoms with E-state index in [2.05, 4.69) is 0 Å². The second kappa shape index (κ2) is 5.92. The Morgan fingerprint density at radius 1 is 1.05 bits per heavy atom. The molecule has 1 aliphatic heterocycles. The molecule has 1 unspecified atom stereocenters. The number of rotatable bonds is 2. The van der Waals surface area contributed by atoms with Crippen LogP contribution in [0.2, 0.25) is 5.02 Å². The molecule has 0 amide bonds. The standard InChI is InChI=1S/C17H12Cl2O2/c18-13-8-6-11(7-9-13)15-10-14(17(20)21-15)16(19)12-4-2-1-3-5-12/h1-9,15H,10H2/b16-14-. The number of cyclic esters (lactones) is 1. The van der Waals surface area contributed by atoms with Crippen molar-refractivity contribution in [2.24, 2.45) is 0 Å². The minimum atomic E-state index is -0.358. The lowest BCUT2D eigenvalue weighted by molar-refractivity contribution is -0.139. The molecule has 2 nitrogen and oxygen atoms in total. The van der Waals surface area contributed by atoms with Gasteiger partial charge in [0.1, 0.15) is 6.10 Å². The summed E-state index contributed by atoms with van der Waals surface area (Å²) < 4.78 is 5.42. The Balaban J connectivity index is 1.90. The summed E-state index contributed by atoms with van der Waals surface area (Å²) in [6.45, 7) is 0. The maximum absolute atomic E-state index is 12.0. The van der Waals surface area contributed by atoms with Gasteiger partial charge >= 0.3 is 5.97 Å². The van der Waals surface area contributed by atoms with Gasteiger partial charge in [-0.2, -0.15) is 0 Å². The second-order valence-corrected chi connectivity index (χ2v) is 5.62. The number of carbonyl (C=O) groups is 1. The van der Waals surface area contributed by atoms with E-state index in [1.807, 2.05) is 42.5 Å². The smallest absolute Gasteiger partial charge is 0.336 e. The summed E-state index contributed by atoms with van der Waals surface area (Å²) in [4.78, 5) is 12.0. The molecule has 0 aromatic heterocycles. The molecule has 1 heterocycles. The highest BCUT2D eigenvalue weighted by Crippen LogP contribution is 2.38. The lowest BCUT2D eigenvalue weighted by Crippen LogP contribution is -1.99. The van der Waals surface area contributed by atoms with Gasteiger partial charge < -0.3 is 4.74 Å². The van der Waals surface area contributed by atoms with Crippen molar-refractivity contribution in [3.05, 3.63) is 76.3 Å². The van der Waals surface area contributed by atoms with E-state index in [9.17, 15) is 4.79 Å². The lowest BCUT2D eigenvalue weighted by Gasteiger charge is -2.08. The van der Waals surface area contributed by atoms with E-state index in [-0.39, 0.29) is 12.1 Å². The normalized spacial score (nSPS) is 20.3.